The van der Waals surface area contributed by atoms with Crippen molar-refractivity contribution in [3.8, 4) is 5.75 Å². The minimum absolute atomic E-state index is 0.0244. The van der Waals surface area contributed by atoms with E-state index in [0.29, 0.717) is 37.1 Å². The second-order valence-corrected chi connectivity index (χ2v) is 8.09. The van der Waals surface area contributed by atoms with Crippen molar-refractivity contribution in [3.05, 3.63) is 70.0 Å². The van der Waals surface area contributed by atoms with Crippen LogP contribution in [-0.4, -0.2) is 58.5 Å². The van der Waals surface area contributed by atoms with Crippen LogP contribution in [0.15, 0.2) is 47.5 Å². The average Bonchev–Trinajstić information content (AvgIpc) is 2.79. The van der Waals surface area contributed by atoms with E-state index in [4.69, 9.17) is 4.74 Å². The van der Waals surface area contributed by atoms with Crippen LogP contribution in [0.1, 0.15) is 17.5 Å². The number of halogens is 1. The Bertz CT molecular complexity index is 1190. The molecule has 1 saturated heterocycles. The summed E-state index contributed by atoms with van der Waals surface area (Å²) in [6, 6.07) is 10.5. The lowest BCUT2D eigenvalue weighted by atomic mass is 10.1. The number of hydrogen-bond acceptors (Lipinski definition) is 5. The normalized spacial score (nSPS) is 14.7. The maximum absolute atomic E-state index is 13.9. The summed E-state index contributed by atoms with van der Waals surface area (Å²) in [4.78, 5) is 33.8. The van der Waals surface area contributed by atoms with E-state index in [2.05, 4.69) is 9.88 Å². The van der Waals surface area contributed by atoms with Crippen LogP contribution in [0.5, 0.6) is 5.75 Å². The smallest absolute Gasteiger partial charge is 0.261 e. The third kappa shape index (κ3) is 4.65. The molecule has 3 aromatic rings. The van der Waals surface area contributed by atoms with Gasteiger partial charge < -0.3 is 9.64 Å². The Morgan fingerprint density at radius 3 is 2.66 bits per heavy atom. The number of rotatable bonds is 6. The third-order valence-corrected chi connectivity index (χ3v) is 5.97. The van der Waals surface area contributed by atoms with Gasteiger partial charge in [0.15, 0.2) is 11.6 Å². The molecule has 2 aromatic carbocycles. The first-order valence-corrected chi connectivity index (χ1v) is 10.7. The Balaban J connectivity index is 1.30. The third-order valence-electron chi connectivity index (χ3n) is 5.97. The highest BCUT2D eigenvalue weighted by atomic mass is 19.1. The van der Waals surface area contributed by atoms with Crippen LogP contribution in [0.2, 0.25) is 0 Å². The van der Waals surface area contributed by atoms with Crippen LogP contribution in [-0.2, 0) is 17.9 Å². The fourth-order valence-electron chi connectivity index (χ4n) is 4.09. The first-order chi connectivity index (χ1) is 15.5. The first-order valence-electron chi connectivity index (χ1n) is 10.7. The predicted octanol–water partition coefficient (Wildman–Crippen LogP) is 2.59. The summed E-state index contributed by atoms with van der Waals surface area (Å²) >= 11 is 0. The number of carbonyl (C=O) groups is 1. The molecule has 1 fully saturated rings. The van der Waals surface area contributed by atoms with Gasteiger partial charge in [-0.3, -0.25) is 19.1 Å². The Morgan fingerprint density at radius 2 is 1.94 bits per heavy atom. The number of methoxy groups -OCH3 is 1. The maximum atomic E-state index is 13.9. The molecule has 0 aliphatic carbocycles. The van der Waals surface area contributed by atoms with Gasteiger partial charge in [-0.25, -0.2) is 9.37 Å². The molecule has 1 amide bonds. The van der Waals surface area contributed by atoms with E-state index in [1.165, 1.54) is 24.1 Å². The van der Waals surface area contributed by atoms with Crippen LogP contribution in [0.4, 0.5) is 4.39 Å². The summed E-state index contributed by atoms with van der Waals surface area (Å²) in [6.07, 6.45) is 1.78. The van der Waals surface area contributed by atoms with Crippen molar-refractivity contribution >= 4 is 16.8 Å². The summed E-state index contributed by atoms with van der Waals surface area (Å²) < 4.78 is 20.4. The molecule has 8 heteroatoms. The van der Waals surface area contributed by atoms with Gasteiger partial charge in [0.2, 0.25) is 5.91 Å². The van der Waals surface area contributed by atoms with E-state index < -0.39 is 0 Å². The molecule has 0 atom stereocenters. The van der Waals surface area contributed by atoms with Crippen molar-refractivity contribution in [3.63, 3.8) is 0 Å². The number of aryl methyl sites for hydroxylation is 2. The van der Waals surface area contributed by atoms with Gasteiger partial charge in [0.1, 0.15) is 0 Å². The maximum Gasteiger partial charge on any atom is 0.261 e. The second kappa shape index (κ2) is 9.48. The largest absolute Gasteiger partial charge is 0.494 e. The Labute approximate surface area is 186 Å². The highest BCUT2D eigenvalue weighted by molar-refractivity contribution is 5.80. The van der Waals surface area contributed by atoms with E-state index in [1.54, 1.807) is 12.1 Å². The van der Waals surface area contributed by atoms with E-state index in [9.17, 15) is 14.0 Å². The molecule has 2 heterocycles. The summed E-state index contributed by atoms with van der Waals surface area (Å²) in [7, 11) is 1.45. The molecule has 1 aliphatic rings. The zero-order valence-corrected chi connectivity index (χ0v) is 18.4. The summed E-state index contributed by atoms with van der Waals surface area (Å²) in [5, 5.41) is 0.573. The van der Waals surface area contributed by atoms with Crippen molar-refractivity contribution in [2.24, 2.45) is 0 Å². The number of aromatic nitrogens is 2. The number of carbonyl (C=O) groups excluding carboxylic acids is 1. The minimum Gasteiger partial charge on any atom is -0.494 e. The summed E-state index contributed by atoms with van der Waals surface area (Å²) in [5.74, 6) is -0.108. The van der Waals surface area contributed by atoms with Crippen molar-refractivity contribution < 1.29 is 13.9 Å². The molecule has 1 aromatic heterocycles. The topological polar surface area (TPSA) is 67.7 Å². The van der Waals surface area contributed by atoms with Gasteiger partial charge in [0, 0.05) is 45.7 Å². The number of nitrogens with zero attached hydrogens (tertiary/aromatic N) is 4. The monoisotopic (exact) mass is 438 g/mol. The standard InChI is InChI=1S/C24H27FN4O3/c1-17-4-3-5-19-23(17)26-16-29(24(19)31)9-8-22(30)28-12-10-27(11-13-28)15-18-6-7-21(32-2)20(25)14-18/h3-7,14,16H,8-13,15H2,1-2H3. The van der Waals surface area contributed by atoms with Crippen LogP contribution in [0, 0.1) is 12.7 Å². The lowest BCUT2D eigenvalue weighted by molar-refractivity contribution is -0.133. The van der Waals surface area contributed by atoms with Gasteiger partial charge in [0.05, 0.1) is 24.3 Å². The molecule has 168 valence electrons. The molecule has 0 N–H and O–H groups in total. The molecule has 0 saturated carbocycles. The summed E-state index contributed by atoms with van der Waals surface area (Å²) in [5.41, 5.74) is 2.41. The van der Waals surface area contributed by atoms with Gasteiger partial charge in [-0.1, -0.05) is 18.2 Å². The Morgan fingerprint density at radius 1 is 1.16 bits per heavy atom. The number of para-hydroxylation sites is 1. The fraction of sp³-hybridized carbons (Fsp3) is 0.375. The predicted molar refractivity (Wildman–Crippen MR) is 120 cm³/mol. The zero-order valence-electron chi connectivity index (χ0n) is 18.4. The molecule has 4 rings (SSSR count). The van der Waals surface area contributed by atoms with Crippen molar-refractivity contribution in [2.75, 3.05) is 33.3 Å². The van der Waals surface area contributed by atoms with Gasteiger partial charge in [0.25, 0.3) is 5.56 Å². The molecule has 1 aliphatic heterocycles. The van der Waals surface area contributed by atoms with E-state index in [-0.39, 0.29) is 29.5 Å². The highest BCUT2D eigenvalue weighted by Crippen LogP contribution is 2.19. The number of hydrogen-bond donors (Lipinski definition) is 0. The van der Waals surface area contributed by atoms with Gasteiger partial charge >= 0.3 is 0 Å². The van der Waals surface area contributed by atoms with Gasteiger partial charge in [-0.05, 0) is 36.2 Å². The highest BCUT2D eigenvalue weighted by Gasteiger charge is 2.21. The minimum atomic E-state index is -0.368. The first kappa shape index (κ1) is 22.0. The van der Waals surface area contributed by atoms with Crippen molar-refractivity contribution in [2.45, 2.75) is 26.4 Å². The summed E-state index contributed by atoms with van der Waals surface area (Å²) in [6.45, 7) is 5.52. The van der Waals surface area contributed by atoms with E-state index >= 15 is 0 Å². The number of amides is 1. The number of fused-ring (bicyclic) bond motifs is 1. The fourth-order valence-corrected chi connectivity index (χ4v) is 4.09. The molecule has 0 bridgehead atoms. The van der Waals surface area contributed by atoms with Crippen LogP contribution >= 0.6 is 0 Å². The van der Waals surface area contributed by atoms with E-state index in [1.807, 2.05) is 30.0 Å². The number of benzene rings is 2. The second-order valence-electron chi connectivity index (χ2n) is 8.09. The van der Waals surface area contributed by atoms with Crippen LogP contribution in [0.3, 0.4) is 0 Å². The SMILES string of the molecule is COc1ccc(CN2CCN(C(=O)CCn3cnc4c(C)cccc4c3=O)CC2)cc1F. The van der Waals surface area contributed by atoms with Gasteiger partial charge in [-0.2, -0.15) is 0 Å². The lowest BCUT2D eigenvalue weighted by Crippen LogP contribution is -2.48. The Kier molecular flexibility index (Phi) is 6.50. The molecule has 0 unspecified atom stereocenters. The average molecular weight is 439 g/mol. The molecular formula is C24H27FN4O3. The lowest BCUT2D eigenvalue weighted by Gasteiger charge is -2.35. The number of piperazine rings is 1. The quantitative estimate of drug-likeness (QED) is 0.592. The van der Waals surface area contributed by atoms with Gasteiger partial charge in [-0.15, -0.1) is 0 Å². The van der Waals surface area contributed by atoms with Crippen LogP contribution < -0.4 is 10.3 Å². The number of ether oxygens (including phenoxy) is 1. The van der Waals surface area contributed by atoms with E-state index in [0.717, 1.165) is 24.2 Å². The van der Waals surface area contributed by atoms with Crippen molar-refractivity contribution in [1.82, 2.24) is 19.4 Å². The molecule has 7 nitrogen and oxygen atoms in total. The Hall–Kier alpha value is -3.26. The molecule has 32 heavy (non-hydrogen) atoms. The molecular weight excluding hydrogens is 411 g/mol. The molecule has 0 radical (unpaired) electrons. The van der Waals surface area contributed by atoms with Crippen LogP contribution in [0.25, 0.3) is 10.9 Å². The molecule has 0 spiro atoms. The zero-order chi connectivity index (χ0) is 22.7. The van der Waals surface area contributed by atoms with Crippen molar-refractivity contribution in [1.29, 1.82) is 0 Å².